The van der Waals surface area contributed by atoms with Crippen molar-refractivity contribution in [3.8, 4) is 0 Å². The number of carbonyl (C=O) groups is 3. The van der Waals surface area contributed by atoms with Crippen molar-refractivity contribution in [2.45, 2.75) is 12.8 Å². The Morgan fingerprint density at radius 3 is 2.21 bits per heavy atom. The van der Waals surface area contributed by atoms with Gasteiger partial charge in [0.2, 0.25) is 11.8 Å². The Morgan fingerprint density at radius 2 is 1.71 bits per heavy atom. The van der Waals surface area contributed by atoms with Gasteiger partial charge in [-0.3, -0.25) is 9.59 Å². The minimum atomic E-state index is -1.18. The van der Waals surface area contributed by atoms with Crippen LogP contribution in [0.15, 0.2) is 30.4 Å². The number of fused-ring (bicyclic) bond motifs is 3. The van der Waals surface area contributed by atoms with Gasteiger partial charge in [0.1, 0.15) is 0 Å². The van der Waals surface area contributed by atoms with E-state index in [4.69, 9.17) is 11.6 Å². The summed E-state index contributed by atoms with van der Waals surface area (Å²) in [7, 11) is 0. The van der Waals surface area contributed by atoms with Crippen molar-refractivity contribution >= 4 is 35.1 Å². The fourth-order valence-corrected chi connectivity index (χ4v) is 5.35. The van der Waals surface area contributed by atoms with Crippen LogP contribution in [0.25, 0.3) is 0 Å². The van der Waals surface area contributed by atoms with E-state index in [9.17, 15) is 19.5 Å². The normalized spacial score (nSPS) is 34.3. The first-order valence-corrected chi connectivity index (χ1v) is 8.42. The maximum absolute atomic E-state index is 13.0. The van der Waals surface area contributed by atoms with Crippen molar-refractivity contribution in [3.05, 3.63) is 40.9 Å². The molecule has 6 heteroatoms. The highest BCUT2D eigenvalue weighted by molar-refractivity contribution is 6.34. The fraction of sp³-hybridized carbons (Fsp3) is 0.389. The summed E-state index contributed by atoms with van der Waals surface area (Å²) in [6, 6.07) is 4.27. The first kappa shape index (κ1) is 14.2. The summed E-state index contributed by atoms with van der Waals surface area (Å²) in [5.74, 6) is -1.86. The number of nitrogens with zero attached hydrogens (tertiary/aromatic N) is 1. The fourth-order valence-electron chi connectivity index (χ4n) is 5.15. The number of carboxylic acid groups (broad SMARTS) is 1. The number of allylic oxidation sites excluding steroid dienone is 2. The minimum absolute atomic E-state index is 0.0872. The van der Waals surface area contributed by atoms with Gasteiger partial charge in [0.05, 0.1) is 28.1 Å². The Kier molecular flexibility index (Phi) is 2.53. The molecule has 0 unspecified atom stereocenters. The Labute approximate surface area is 142 Å². The first-order chi connectivity index (χ1) is 11.5. The van der Waals surface area contributed by atoms with Crippen LogP contribution in [0.2, 0.25) is 5.02 Å². The molecule has 4 atom stereocenters. The average Bonchev–Trinajstić information content (AvgIpc) is 3.14. The Balaban J connectivity index is 1.56. The number of carboxylic acids is 1. The summed E-state index contributed by atoms with van der Waals surface area (Å²) >= 11 is 5.89. The lowest BCUT2D eigenvalue weighted by Gasteiger charge is -2.22. The third-order valence-corrected chi connectivity index (χ3v) is 6.62. The molecule has 1 spiro atoms. The SMILES string of the molecule is O=C(O)c1cc(N2C(=O)[C@@H]3[C@H](C2=O)[C@H]2C=C[C@H]3C23CC3)ccc1Cl. The second kappa shape index (κ2) is 4.28. The zero-order valence-corrected chi connectivity index (χ0v) is 13.4. The molecule has 122 valence electrons. The van der Waals surface area contributed by atoms with Crippen LogP contribution in [-0.2, 0) is 9.59 Å². The molecule has 1 saturated heterocycles. The molecule has 1 heterocycles. The number of anilines is 1. The third-order valence-electron chi connectivity index (χ3n) is 6.29. The molecule has 2 amide bonds. The Morgan fingerprint density at radius 1 is 1.12 bits per heavy atom. The lowest BCUT2D eigenvalue weighted by atomic mass is 9.85. The van der Waals surface area contributed by atoms with E-state index in [1.165, 1.54) is 23.1 Å². The van der Waals surface area contributed by atoms with Gasteiger partial charge in [-0.15, -0.1) is 0 Å². The van der Waals surface area contributed by atoms with Gasteiger partial charge < -0.3 is 5.11 Å². The van der Waals surface area contributed by atoms with E-state index < -0.39 is 5.97 Å². The molecule has 5 nitrogen and oxygen atoms in total. The summed E-state index contributed by atoms with van der Waals surface area (Å²) in [5, 5.41) is 9.30. The minimum Gasteiger partial charge on any atom is -0.478 e. The quantitative estimate of drug-likeness (QED) is 0.662. The molecule has 0 radical (unpaired) electrons. The van der Waals surface area contributed by atoms with Gasteiger partial charge in [-0.2, -0.15) is 0 Å². The van der Waals surface area contributed by atoms with Gasteiger partial charge in [-0.1, -0.05) is 23.8 Å². The van der Waals surface area contributed by atoms with Crippen LogP contribution in [0.1, 0.15) is 23.2 Å². The summed E-state index contributed by atoms with van der Waals surface area (Å²) in [6.07, 6.45) is 6.40. The highest BCUT2D eigenvalue weighted by Gasteiger charge is 2.73. The summed E-state index contributed by atoms with van der Waals surface area (Å²) < 4.78 is 0. The molecule has 3 fully saturated rings. The number of halogens is 1. The molecule has 1 aromatic carbocycles. The number of carbonyl (C=O) groups excluding carboxylic acids is 2. The summed E-state index contributed by atoms with van der Waals surface area (Å²) in [4.78, 5) is 38.4. The predicted octanol–water partition coefficient (Wildman–Crippen LogP) is 2.74. The highest BCUT2D eigenvalue weighted by atomic mass is 35.5. The van der Waals surface area contributed by atoms with Gasteiger partial charge in [0.25, 0.3) is 0 Å². The summed E-state index contributed by atoms with van der Waals surface area (Å²) in [5.41, 5.74) is 0.343. The van der Waals surface area contributed by atoms with Gasteiger partial charge in [0.15, 0.2) is 0 Å². The molecular formula is C18H14ClNO4. The van der Waals surface area contributed by atoms with E-state index in [-0.39, 0.29) is 51.5 Å². The maximum atomic E-state index is 13.0. The van der Waals surface area contributed by atoms with Gasteiger partial charge >= 0.3 is 5.97 Å². The topological polar surface area (TPSA) is 74.7 Å². The highest BCUT2D eigenvalue weighted by Crippen LogP contribution is 2.73. The predicted molar refractivity (Wildman–Crippen MR) is 85.7 cm³/mol. The standard InChI is InChI=1S/C18H14ClNO4/c19-12-4-1-8(7-9(12)17(23)24)20-15(21)13-10-2-3-11(14(13)16(20)22)18(10)5-6-18/h1-4,7,10-11,13-14H,5-6H2,(H,23,24)/t10-,11-,13-,14+/m1/s1. The van der Waals surface area contributed by atoms with E-state index in [2.05, 4.69) is 12.2 Å². The van der Waals surface area contributed by atoms with Crippen LogP contribution in [-0.4, -0.2) is 22.9 Å². The molecule has 1 aliphatic heterocycles. The van der Waals surface area contributed by atoms with E-state index >= 15 is 0 Å². The molecule has 0 aromatic heterocycles. The van der Waals surface area contributed by atoms with Gasteiger partial charge in [0, 0.05) is 0 Å². The lowest BCUT2D eigenvalue weighted by Crippen LogP contribution is -2.34. The van der Waals surface area contributed by atoms with Crippen molar-refractivity contribution in [1.29, 1.82) is 0 Å². The number of imide groups is 1. The molecule has 1 N–H and O–H groups in total. The molecule has 2 saturated carbocycles. The molecule has 5 rings (SSSR count). The monoisotopic (exact) mass is 343 g/mol. The number of hydrogen-bond acceptors (Lipinski definition) is 3. The van der Waals surface area contributed by atoms with Gasteiger partial charge in [-0.05, 0) is 48.3 Å². The second-order valence-corrected chi connectivity index (χ2v) is 7.61. The third kappa shape index (κ3) is 1.49. The second-order valence-electron chi connectivity index (χ2n) is 7.20. The molecule has 1 aromatic rings. The van der Waals surface area contributed by atoms with E-state index in [0.29, 0.717) is 5.69 Å². The number of rotatable bonds is 2. The first-order valence-electron chi connectivity index (χ1n) is 8.05. The van der Waals surface area contributed by atoms with Crippen LogP contribution in [0.5, 0.6) is 0 Å². The van der Waals surface area contributed by atoms with Crippen molar-refractivity contribution in [2.24, 2.45) is 29.1 Å². The largest absolute Gasteiger partial charge is 0.478 e. The van der Waals surface area contributed by atoms with E-state index in [0.717, 1.165) is 12.8 Å². The van der Waals surface area contributed by atoms with E-state index in [1.54, 1.807) is 0 Å². The smallest absolute Gasteiger partial charge is 0.337 e. The van der Waals surface area contributed by atoms with Crippen molar-refractivity contribution in [3.63, 3.8) is 0 Å². The van der Waals surface area contributed by atoms with Crippen molar-refractivity contribution < 1.29 is 19.5 Å². The molecule has 3 aliphatic carbocycles. The zero-order valence-electron chi connectivity index (χ0n) is 12.6. The maximum Gasteiger partial charge on any atom is 0.337 e. The molecular weight excluding hydrogens is 330 g/mol. The number of benzene rings is 1. The van der Waals surface area contributed by atoms with Crippen LogP contribution < -0.4 is 4.90 Å². The van der Waals surface area contributed by atoms with Crippen LogP contribution in [0.3, 0.4) is 0 Å². The Bertz CT molecular complexity index is 823. The van der Waals surface area contributed by atoms with Crippen LogP contribution in [0.4, 0.5) is 5.69 Å². The van der Waals surface area contributed by atoms with Crippen LogP contribution >= 0.6 is 11.6 Å². The molecule has 24 heavy (non-hydrogen) atoms. The average molecular weight is 344 g/mol. The molecule has 2 bridgehead atoms. The summed E-state index contributed by atoms with van der Waals surface area (Å²) in [6.45, 7) is 0. The van der Waals surface area contributed by atoms with Crippen LogP contribution in [0, 0.1) is 29.1 Å². The lowest BCUT2D eigenvalue weighted by molar-refractivity contribution is -0.123. The molecule has 4 aliphatic rings. The Hall–Kier alpha value is -2.14. The number of aromatic carboxylic acids is 1. The van der Waals surface area contributed by atoms with Crippen molar-refractivity contribution in [1.82, 2.24) is 0 Å². The number of hydrogen-bond donors (Lipinski definition) is 1. The van der Waals surface area contributed by atoms with Gasteiger partial charge in [-0.25, -0.2) is 9.69 Å². The zero-order chi connectivity index (χ0) is 16.8. The van der Waals surface area contributed by atoms with Crippen molar-refractivity contribution in [2.75, 3.05) is 4.90 Å². The number of amides is 2. The van der Waals surface area contributed by atoms with E-state index in [1.807, 2.05) is 0 Å².